The molecule has 0 bridgehead atoms. The fraction of sp³-hybridized carbons (Fsp3) is 0.632. The largest absolute Gasteiger partial charge is 0.495 e. The number of ether oxygens (including phenoxy) is 1. The molecule has 0 amide bonds. The Bertz CT molecular complexity index is 554. The van der Waals surface area contributed by atoms with E-state index in [9.17, 15) is 0 Å². The predicted molar refractivity (Wildman–Crippen MR) is 121 cm³/mol. The molecule has 1 atom stereocenters. The minimum atomic E-state index is 0. The number of nitrogens with one attached hydrogen (secondary N) is 2. The van der Waals surface area contributed by atoms with Crippen LogP contribution in [-0.4, -0.2) is 70.3 Å². The highest BCUT2D eigenvalue weighted by molar-refractivity contribution is 14.0. The van der Waals surface area contributed by atoms with E-state index in [0.29, 0.717) is 6.04 Å². The molecule has 0 aliphatic carbocycles. The topological polar surface area (TPSA) is 52.1 Å². The molecule has 1 fully saturated rings. The maximum absolute atomic E-state index is 5.50. The number of methoxy groups -OCH3 is 1. The molecule has 1 unspecified atom stereocenters. The third-order valence-electron chi connectivity index (χ3n) is 4.59. The molecule has 1 aromatic rings. The number of hydrogen-bond acceptors (Lipinski definition) is 4. The Morgan fingerprint density at radius 1 is 1.35 bits per heavy atom. The van der Waals surface area contributed by atoms with Gasteiger partial charge in [0.15, 0.2) is 5.96 Å². The third kappa shape index (κ3) is 6.83. The van der Waals surface area contributed by atoms with Crippen LogP contribution in [0, 0.1) is 0 Å². The van der Waals surface area contributed by atoms with Crippen molar-refractivity contribution in [2.45, 2.75) is 26.3 Å². The second kappa shape index (κ2) is 12.2. The van der Waals surface area contributed by atoms with Crippen LogP contribution in [-0.2, 0) is 0 Å². The lowest BCUT2D eigenvalue weighted by atomic mass is 10.2. The number of nitrogens with zero attached hydrogens (tertiary/aromatic N) is 3. The van der Waals surface area contributed by atoms with Crippen molar-refractivity contribution in [1.82, 2.24) is 15.5 Å². The fourth-order valence-corrected chi connectivity index (χ4v) is 2.99. The summed E-state index contributed by atoms with van der Waals surface area (Å²) in [5.41, 5.74) is 1.17. The maximum atomic E-state index is 5.50. The highest BCUT2D eigenvalue weighted by Crippen LogP contribution is 2.30. The Morgan fingerprint density at radius 3 is 2.81 bits per heavy atom. The first-order valence-corrected chi connectivity index (χ1v) is 9.29. The van der Waals surface area contributed by atoms with E-state index in [4.69, 9.17) is 9.73 Å². The van der Waals surface area contributed by atoms with E-state index in [0.717, 1.165) is 57.4 Å². The summed E-state index contributed by atoms with van der Waals surface area (Å²) in [4.78, 5) is 9.36. The minimum Gasteiger partial charge on any atom is -0.495 e. The average Bonchev–Trinajstić information content (AvgIpc) is 3.10. The van der Waals surface area contributed by atoms with E-state index in [1.807, 2.05) is 12.1 Å². The lowest BCUT2D eigenvalue weighted by Gasteiger charge is -2.22. The number of para-hydroxylation sites is 2. The fourth-order valence-electron chi connectivity index (χ4n) is 2.99. The van der Waals surface area contributed by atoms with E-state index in [1.54, 1.807) is 7.11 Å². The summed E-state index contributed by atoms with van der Waals surface area (Å²) in [6.07, 6.45) is 1.09. The lowest BCUT2D eigenvalue weighted by molar-refractivity contribution is 0.363. The van der Waals surface area contributed by atoms with Gasteiger partial charge in [-0.2, -0.15) is 0 Å². The van der Waals surface area contributed by atoms with Gasteiger partial charge in [0.25, 0.3) is 0 Å². The van der Waals surface area contributed by atoms with E-state index < -0.39 is 0 Å². The molecule has 2 rings (SSSR count). The number of rotatable bonds is 8. The number of hydrogen-bond donors (Lipinski definition) is 2. The summed E-state index contributed by atoms with van der Waals surface area (Å²) in [6, 6.07) is 8.62. The molecule has 0 saturated carbocycles. The lowest BCUT2D eigenvalue weighted by Crippen LogP contribution is -2.45. The maximum Gasteiger partial charge on any atom is 0.191 e. The molecule has 1 aliphatic heterocycles. The highest BCUT2D eigenvalue weighted by Gasteiger charge is 2.25. The second-order valence-corrected chi connectivity index (χ2v) is 6.40. The molecule has 7 heteroatoms. The standard InChI is InChI=1S/C19H33N5O.HI/c1-5-20-19(21-12-14-23(3)6-2)22-16-11-13-24(15-16)17-9-7-8-10-18(17)25-4;/h7-10,16H,5-6,11-15H2,1-4H3,(H2,20,21,22);1H. The van der Waals surface area contributed by atoms with Crippen molar-refractivity contribution in [3.05, 3.63) is 24.3 Å². The number of halogens is 1. The Hall–Kier alpha value is -1.22. The van der Waals surface area contributed by atoms with Gasteiger partial charge >= 0.3 is 0 Å². The van der Waals surface area contributed by atoms with Crippen LogP contribution in [0.2, 0.25) is 0 Å². The van der Waals surface area contributed by atoms with Gasteiger partial charge in [0.1, 0.15) is 5.75 Å². The van der Waals surface area contributed by atoms with Gasteiger partial charge in [-0.3, -0.25) is 4.99 Å². The first kappa shape index (κ1) is 22.8. The summed E-state index contributed by atoms with van der Waals surface area (Å²) < 4.78 is 5.50. The van der Waals surface area contributed by atoms with Crippen molar-refractivity contribution in [3.63, 3.8) is 0 Å². The predicted octanol–water partition coefficient (Wildman–Crippen LogP) is 2.40. The molecule has 1 saturated heterocycles. The summed E-state index contributed by atoms with van der Waals surface area (Å²) in [5, 5.41) is 6.94. The van der Waals surface area contributed by atoms with E-state index in [2.05, 4.69) is 53.5 Å². The molecular formula is C19H34IN5O. The average molecular weight is 475 g/mol. The van der Waals surface area contributed by atoms with Gasteiger partial charge in [-0.05, 0) is 39.1 Å². The van der Waals surface area contributed by atoms with Crippen LogP contribution in [0.1, 0.15) is 20.3 Å². The Morgan fingerprint density at radius 2 is 2.12 bits per heavy atom. The zero-order valence-electron chi connectivity index (χ0n) is 16.5. The highest BCUT2D eigenvalue weighted by atomic mass is 127. The van der Waals surface area contributed by atoms with Crippen LogP contribution in [0.25, 0.3) is 0 Å². The molecule has 1 aromatic carbocycles. The molecule has 6 nitrogen and oxygen atoms in total. The Labute approximate surface area is 175 Å². The monoisotopic (exact) mass is 475 g/mol. The van der Waals surface area contributed by atoms with Gasteiger partial charge in [0, 0.05) is 32.2 Å². The van der Waals surface area contributed by atoms with Crippen molar-refractivity contribution in [3.8, 4) is 5.75 Å². The SMILES string of the molecule is CCNC(=NCCN(C)CC)NC1CCN(c2ccccc2OC)C1.I. The van der Waals surface area contributed by atoms with Crippen molar-refractivity contribution in [2.24, 2.45) is 4.99 Å². The molecule has 2 N–H and O–H groups in total. The van der Waals surface area contributed by atoms with Crippen LogP contribution >= 0.6 is 24.0 Å². The van der Waals surface area contributed by atoms with Crippen molar-refractivity contribution >= 4 is 35.6 Å². The number of aliphatic imine (C=N–C) groups is 1. The number of benzene rings is 1. The second-order valence-electron chi connectivity index (χ2n) is 6.40. The molecule has 148 valence electrons. The van der Waals surface area contributed by atoms with Crippen LogP contribution in [0.15, 0.2) is 29.3 Å². The molecular weight excluding hydrogens is 441 g/mol. The number of anilines is 1. The van der Waals surface area contributed by atoms with Gasteiger partial charge in [-0.1, -0.05) is 19.1 Å². The van der Waals surface area contributed by atoms with Crippen molar-refractivity contribution in [1.29, 1.82) is 0 Å². The van der Waals surface area contributed by atoms with Crippen LogP contribution in [0.3, 0.4) is 0 Å². The van der Waals surface area contributed by atoms with Gasteiger partial charge in [0.2, 0.25) is 0 Å². The van der Waals surface area contributed by atoms with Crippen molar-refractivity contribution in [2.75, 3.05) is 58.3 Å². The zero-order valence-corrected chi connectivity index (χ0v) is 18.8. The van der Waals surface area contributed by atoms with Crippen molar-refractivity contribution < 1.29 is 4.74 Å². The smallest absolute Gasteiger partial charge is 0.191 e. The van der Waals surface area contributed by atoms with E-state index in [1.165, 1.54) is 5.69 Å². The molecule has 1 heterocycles. The normalized spacial score (nSPS) is 17.2. The van der Waals surface area contributed by atoms with Gasteiger partial charge in [0.05, 0.1) is 19.3 Å². The van der Waals surface area contributed by atoms with Crippen LogP contribution < -0.4 is 20.3 Å². The molecule has 0 aromatic heterocycles. The summed E-state index contributed by atoms with van der Waals surface area (Å²) in [6.45, 7) is 9.96. The third-order valence-corrected chi connectivity index (χ3v) is 4.59. The molecule has 26 heavy (non-hydrogen) atoms. The van der Waals surface area contributed by atoms with Gasteiger partial charge in [-0.15, -0.1) is 24.0 Å². The van der Waals surface area contributed by atoms with Crippen LogP contribution in [0.4, 0.5) is 5.69 Å². The number of guanidine groups is 1. The van der Waals surface area contributed by atoms with E-state index in [-0.39, 0.29) is 24.0 Å². The quantitative estimate of drug-likeness (QED) is 0.344. The first-order chi connectivity index (χ1) is 12.2. The summed E-state index contributed by atoms with van der Waals surface area (Å²) in [7, 11) is 3.85. The summed E-state index contributed by atoms with van der Waals surface area (Å²) >= 11 is 0. The zero-order chi connectivity index (χ0) is 18.1. The van der Waals surface area contributed by atoms with E-state index >= 15 is 0 Å². The summed E-state index contributed by atoms with van der Waals surface area (Å²) in [5.74, 6) is 1.85. The molecule has 0 radical (unpaired) electrons. The first-order valence-electron chi connectivity index (χ1n) is 9.29. The Kier molecular flexibility index (Phi) is 10.7. The number of likely N-dealkylation sites (N-methyl/N-ethyl adjacent to an activating group) is 1. The molecule has 0 spiro atoms. The van der Waals surface area contributed by atoms with Gasteiger partial charge < -0.3 is 25.2 Å². The van der Waals surface area contributed by atoms with Gasteiger partial charge in [-0.25, -0.2) is 0 Å². The Balaban J connectivity index is 0.00000338. The minimum absolute atomic E-state index is 0. The molecule has 1 aliphatic rings. The van der Waals surface area contributed by atoms with Crippen LogP contribution in [0.5, 0.6) is 5.75 Å².